The van der Waals surface area contributed by atoms with E-state index in [-0.39, 0.29) is 63.1 Å². The third-order valence-corrected chi connectivity index (χ3v) is 10.6. The summed E-state index contributed by atoms with van der Waals surface area (Å²) in [6, 6.07) is 7.32. The molecular weight excluding hydrogens is 619 g/mol. The monoisotopic (exact) mass is 651 g/mol. The third-order valence-electron chi connectivity index (χ3n) is 10.3. The number of alkyl halides is 1. The van der Waals surface area contributed by atoms with Crippen LogP contribution in [0.2, 0.25) is 5.02 Å². The number of aromatic hydroxyl groups is 1. The van der Waals surface area contributed by atoms with Crippen LogP contribution in [0.3, 0.4) is 0 Å². The van der Waals surface area contributed by atoms with E-state index in [4.69, 9.17) is 21.3 Å². The molecule has 4 atom stereocenters. The van der Waals surface area contributed by atoms with Gasteiger partial charge in [0.2, 0.25) is 0 Å². The van der Waals surface area contributed by atoms with Crippen molar-refractivity contribution in [3.8, 4) is 22.9 Å². The maximum absolute atomic E-state index is 17.0. The Labute approximate surface area is 268 Å². The van der Waals surface area contributed by atoms with Crippen molar-refractivity contribution in [1.82, 2.24) is 20.2 Å². The minimum Gasteiger partial charge on any atom is -0.508 e. The first-order valence-electron chi connectivity index (χ1n) is 15.8. The lowest BCUT2D eigenvalue weighted by Crippen LogP contribution is -2.51. The molecule has 0 amide bonds. The fourth-order valence-electron chi connectivity index (χ4n) is 8.30. The Balaban J connectivity index is 1.31. The highest BCUT2D eigenvalue weighted by Gasteiger charge is 2.49. The maximum Gasteiger partial charge on any atom is 0.319 e. The van der Waals surface area contributed by atoms with E-state index in [9.17, 15) is 14.3 Å². The number of piperazine rings is 1. The molecule has 0 radical (unpaired) electrons. The highest BCUT2D eigenvalue weighted by Crippen LogP contribution is 2.45. The van der Waals surface area contributed by atoms with E-state index in [0.717, 1.165) is 38.3 Å². The molecule has 240 valence electrons. The van der Waals surface area contributed by atoms with Gasteiger partial charge in [-0.3, -0.25) is 9.69 Å². The molecule has 5 heterocycles. The van der Waals surface area contributed by atoms with Gasteiger partial charge in [-0.15, -0.1) is 0 Å². The molecule has 8 rings (SSSR count). The molecule has 4 fully saturated rings. The molecule has 12 heteroatoms. The van der Waals surface area contributed by atoms with Crippen LogP contribution in [0.4, 0.5) is 19.0 Å². The van der Waals surface area contributed by atoms with Gasteiger partial charge in [0.05, 0.1) is 16.1 Å². The van der Waals surface area contributed by atoms with E-state index in [2.05, 4.69) is 20.1 Å². The first-order chi connectivity index (χ1) is 22.1. The number of rotatable bonds is 6. The summed E-state index contributed by atoms with van der Waals surface area (Å²) >= 11 is 6.85. The summed E-state index contributed by atoms with van der Waals surface area (Å²) in [6.07, 6.45) is 3.22. The number of carbonyl (C=O) groups is 1. The second-order valence-corrected chi connectivity index (χ2v) is 13.7. The number of ketones is 1. The number of ether oxygens (including phenoxy) is 1. The van der Waals surface area contributed by atoms with Gasteiger partial charge < -0.3 is 20.1 Å². The van der Waals surface area contributed by atoms with Crippen molar-refractivity contribution < 1.29 is 27.8 Å². The number of fused-ring (bicyclic) bond motifs is 5. The minimum absolute atomic E-state index is 0.00674. The van der Waals surface area contributed by atoms with Gasteiger partial charge in [0, 0.05) is 54.5 Å². The molecule has 4 aromatic rings. The Kier molecular flexibility index (Phi) is 7.08. The molecule has 0 aliphatic carbocycles. The van der Waals surface area contributed by atoms with Gasteiger partial charge in [-0.05, 0) is 74.4 Å². The van der Waals surface area contributed by atoms with Gasteiger partial charge in [0.25, 0.3) is 0 Å². The molecule has 2 N–H and O–H groups in total. The number of carbonyl (C=O) groups excluding carboxylic acids is 1. The molecule has 2 bridgehead atoms. The molecule has 0 unspecified atom stereocenters. The van der Waals surface area contributed by atoms with Gasteiger partial charge in [-0.2, -0.15) is 9.97 Å². The van der Waals surface area contributed by atoms with Crippen LogP contribution in [0.5, 0.6) is 11.8 Å². The predicted octanol–water partition coefficient (Wildman–Crippen LogP) is 6.19. The molecule has 4 aliphatic rings. The van der Waals surface area contributed by atoms with Crippen molar-refractivity contribution in [3.05, 3.63) is 52.6 Å². The average Bonchev–Trinajstić information content (AvgIpc) is 3.66. The molecule has 1 aromatic heterocycles. The van der Waals surface area contributed by atoms with Crippen LogP contribution in [0.25, 0.3) is 32.8 Å². The topological polar surface area (TPSA) is 90.8 Å². The molecule has 4 saturated heterocycles. The highest BCUT2D eigenvalue weighted by molar-refractivity contribution is 6.35. The van der Waals surface area contributed by atoms with Crippen molar-refractivity contribution in [2.75, 3.05) is 37.7 Å². The Hall–Kier alpha value is -3.67. The summed E-state index contributed by atoms with van der Waals surface area (Å²) in [5, 5.41) is 15.1. The van der Waals surface area contributed by atoms with E-state index < -0.39 is 29.1 Å². The van der Waals surface area contributed by atoms with E-state index in [0.29, 0.717) is 42.6 Å². The Morgan fingerprint density at radius 1 is 1.15 bits per heavy atom. The fraction of sp³-hybridized carbons (Fsp3) is 0.441. The number of phenolic OH excluding ortho intramolecular Hbond substituents is 1. The largest absolute Gasteiger partial charge is 0.508 e. The van der Waals surface area contributed by atoms with Crippen molar-refractivity contribution in [2.24, 2.45) is 0 Å². The minimum atomic E-state index is -0.933. The number of phenols is 1. The van der Waals surface area contributed by atoms with Crippen molar-refractivity contribution in [1.29, 1.82) is 0 Å². The first-order valence-corrected chi connectivity index (χ1v) is 16.2. The molecule has 46 heavy (non-hydrogen) atoms. The van der Waals surface area contributed by atoms with E-state index in [1.807, 2.05) is 0 Å². The Bertz CT molecular complexity index is 1920. The fourth-order valence-corrected chi connectivity index (χ4v) is 8.59. The van der Waals surface area contributed by atoms with Crippen molar-refractivity contribution in [3.63, 3.8) is 0 Å². The van der Waals surface area contributed by atoms with Crippen LogP contribution in [0.1, 0.15) is 49.4 Å². The number of nitrogens with one attached hydrogen (secondary N) is 1. The lowest BCUT2D eigenvalue weighted by atomic mass is 9.91. The average molecular weight is 652 g/mol. The number of halogens is 4. The standard InChI is InChI=1S/C34H33ClF3N5O3/c1-17(44)27-26(37)6-3-18-9-22(45)10-23(28(18)27)29-25(35)11-24-31(30(29)38)40-33(41-32(24)42-14-20-4-5-21(15-42)39-20)46-16-34-7-2-8-43(34)13-19(36)12-34/h3,6,9-11,19-21,39,45H,2,4-5,7-8,12-16H2,1H3/t19-,20-,21+,34+/m1/s1. The zero-order valence-electron chi connectivity index (χ0n) is 25.3. The summed E-state index contributed by atoms with van der Waals surface area (Å²) in [4.78, 5) is 26.2. The summed E-state index contributed by atoms with van der Waals surface area (Å²) in [5.41, 5.74) is -0.806. The van der Waals surface area contributed by atoms with Crippen LogP contribution in [0, 0.1) is 11.6 Å². The summed E-state index contributed by atoms with van der Waals surface area (Å²) in [6.45, 7) is 3.89. The number of nitrogens with zero attached hydrogens (tertiary/aromatic N) is 4. The lowest BCUT2D eigenvalue weighted by Gasteiger charge is -2.34. The van der Waals surface area contributed by atoms with Gasteiger partial charge in [-0.25, -0.2) is 13.2 Å². The van der Waals surface area contributed by atoms with Gasteiger partial charge >= 0.3 is 6.01 Å². The van der Waals surface area contributed by atoms with Crippen molar-refractivity contribution >= 4 is 44.9 Å². The predicted molar refractivity (Wildman–Crippen MR) is 170 cm³/mol. The van der Waals surface area contributed by atoms with Crippen LogP contribution >= 0.6 is 11.6 Å². The van der Waals surface area contributed by atoms with Crippen LogP contribution in [-0.4, -0.2) is 82.3 Å². The molecule has 8 nitrogen and oxygen atoms in total. The van der Waals surface area contributed by atoms with E-state index >= 15 is 8.78 Å². The maximum atomic E-state index is 17.0. The first kappa shape index (κ1) is 29.7. The lowest BCUT2D eigenvalue weighted by molar-refractivity contribution is 0.101. The van der Waals surface area contributed by atoms with Crippen LogP contribution in [-0.2, 0) is 0 Å². The Morgan fingerprint density at radius 3 is 2.70 bits per heavy atom. The highest BCUT2D eigenvalue weighted by atomic mass is 35.5. The summed E-state index contributed by atoms with van der Waals surface area (Å²) in [7, 11) is 0. The van der Waals surface area contributed by atoms with Crippen LogP contribution < -0.4 is 15.0 Å². The van der Waals surface area contributed by atoms with Gasteiger partial charge in [-0.1, -0.05) is 17.7 Å². The zero-order valence-corrected chi connectivity index (χ0v) is 26.0. The number of aromatic nitrogens is 2. The smallest absolute Gasteiger partial charge is 0.319 e. The molecule has 4 aliphatic heterocycles. The number of hydrogen-bond acceptors (Lipinski definition) is 8. The van der Waals surface area contributed by atoms with Gasteiger partial charge in [0.15, 0.2) is 11.6 Å². The number of hydrogen-bond donors (Lipinski definition) is 2. The number of Topliss-reactive ketones (excluding diaryl/α,β-unsaturated/α-hetero) is 1. The summed E-state index contributed by atoms with van der Waals surface area (Å²) < 4.78 is 52.8. The summed E-state index contributed by atoms with van der Waals surface area (Å²) in [5.74, 6) is -1.85. The molecule has 0 spiro atoms. The molecule has 0 saturated carbocycles. The third kappa shape index (κ3) is 4.77. The SMILES string of the molecule is CC(=O)c1c(F)ccc2cc(O)cc(-c3c(Cl)cc4c(N5C[C@H]6CC[C@@H](C5)N6)nc(OC[C@@]56CCCN5C[C@H](F)C6)nc4c3F)c12. The molecular formula is C34H33ClF3N5O3. The van der Waals surface area contributed by atoms with E-state index in [1.165, 1.54) is 25.1 Å². The second-order valence-electron chi connectivity index (χ2n) is 13.3. The number of benzene rings is 3. The normalized spacial score (nSPS) is 25.9. The van der Waals surface area contributed by atoms with E-state index in [1.54, 1.807) is 6.07 Å². The number of anilines is 1. The van der Waals surface area contributed by atoms with Crippen LogP contribution in [0.15, 0.2) is 30.3 Å². The Morgan fingerprint density at radius 2 is 1.93 bits per heavy atom. The quantitative estimate of drug-likeness (QED) is 0.239. The van der Waals surface area contributed by atoms with Gasteiger partial charge in [0.1, 0.15) is 35.7 Å². The molecule has 3 aromatic carbocycles. The van der Waals surface area contributed by atoms with Crippen molar-refractivity contribution in [2.45, 2.75) is 62.8 Å². The zero-order chi connectivity index (χ0) is 31.9. The second kappa shape index (κ2) is 11.0.